The van der Waals surface area contributed by atoms with Gasteiger partial charge in [-0.3, -0.25) is 9.36 Å². The van der Waals surface area contributed by atoms with Crippen molar-refractivity contribution in [1.82, 2.24) is 9.47 Å². The fourth-order valence-electron chi connectivity index (χ4n) is 3.50. The van der Waals surface area contributed by atoms with Gasteiger partial charge in [0.2, 0.25) is 5.91 Å². The minimum Gasteiger partial charge on any atom is -0.443 e. The van der Waals surface area contributed by atoms with Crippen LogP contribution in [0.25, 0.3) is 10.9 Å². The van der Waals surface area contributed by atoms with E-state index < -0.39 is 5.60 Å². The Balaban J connectivity index is 1.92. The fraction of sp³-hybridized carbons (Fsp3) is 0.500. The number of likely N-dealkylation sites (tertiary alicyclic amines) is 1. The molecule has 0 N–H and O–H groups in total. The summed E-state index contributed by atoms with van der Waals surface area (Å²) >= 11 is 0. The van der Waals surface area contributed by atoms with Gasteiger partial charge in [0.1, 0.15) is 5.60 Å². The van der Waals surface area contributed by atoms with Crippen molar-refractivity contribution in [2.75, 3.05) is 13.1 Å². The van der Waals surface area contributed by atoms with E-state index in [0.29, 0.717) is 5.92 Å². The number of rotatable bonds is 1. The Morgan fingerprint density at radius 1 is 1.12 bits per heavy atom. The first-order valence-electron chi connectivity index (χ1n) is 8.85. The number of benzene rings is 1. The van der Waals surface area contributed by atoms with Gasteiger partial charge in [-0.15, -0.1) is 0 Å². The quantitative estimate of drug-likeness (QED) is 0.782. The van der Waals surface area contributed by atoms with E-state index in [1.54, 1.807) is 11.5 Å². The monoisotopic (exact) mass is 342 g/mol. The van der Waals surface area contributed by atoms with Crippen LogP contribution in [-0.2, 0) is 9.53 Å². The number of hydrogen-bond donors (Lipinski definition) is 0. The molecule has 1 aromatic heterocycles. The molecule has 1 aliphatic heterocycles. The second-order valence-electron chi connectivity index (χ2n) is 7.73. The summed E-state index contributed by atoms with van der Waals surface area (Å²) < 4.78 is 7.17. The molecule has 1 saturated heterocycles. The molecule has 0 spiro atoms. The van der Waals surface area contributed by atoms with Crippen molar-refractivity contribution in [3.05, 3.63) is 36.0 Å². The van der Waals surface area contributed by atoms with Crippen LogP contribution < -0.4 is 0 Å². The van der Waals surface area contributed by atoms with Crippen molar-refractivity contribution in [2.45, 2.75) is 52.1 Å². The lowest BCUT2D eigenvalue weighted by molar-refractivity contribution is -0.129. The van der Waals surface area contributed by atoms with Crippen molar-refractivity contribution >= 4 is 22.9 Å². The lowest BCUT2D eigenvalue weighted by atomic mass is 9.89. The Kier molecular flexibility index (Phi) is 4.58. The highest BCUT2D eigenvalue weighted by Gasteiger charge is 2.27. The molecule has 2 aromatic rings. The van der Waals surface area contributed by atoms with Crippen molar-refractivity contribution in [2.24, 2.45) is 0 Å². The number of carbonyl (C=O) groups excluding carboxylic acids is 2. The molecule has 1 aromatic carbocycles. The van der Waals surface area contributed by atoms with Crippen molar-refractivity contribution in [3.8, 4) is 0 Å². The third kappa shape index (κ3) is 3.70. The zero-order valence-electron chi connectivity index (χ0n) is 15.4. The highest BCUT2D eigenvalue weighted by molar-refractivity contribution is 5.92. The first-order valence-corrected chi connectivity index (χ1v) is 8.85. The first-order chi connectivity index (χ1) is 11.8. The molecule has 0 radical (unpaired) electrons. The second-order valence-corrected chi connectivity index (χ2v) is 7.73. The molecule has 0 unspecified atom stereocenters. The van der Waals surface area contributed by atoms with E-state index in [9.17, 15) is 9.59 Å². The number of carbonyl (C=O) groups is 2. The van der Waals surface area contributed by atoms with Gasteiger partial charge in [0.15, 0.2) is 0 Å². The maximum absolute atomic E-state index is 12.6. The molecule has 2 heterocycles. The van der Waals surface area contributed by atoms with Crippen LogP contribution in [-0.4, -0.2) is 40.2 Å². The molecule has 5 nitrogen and oxygen atoms in total. The molecular weight excluding hydrogens is 316 g/mol. The van der Waals surface area contributed by atoms with Gasteiger partial charge in [0.25, 0.3) is 0 Å². The summed E-state index contributed by atoms with van der Waals surface area (Å²) in [4.78, 5) is 26.0. The number of para-hydroxylation sites is 1. The Bertz CT molecular complexity index is 793. The van der Waals surface area contributed by atoms with Gasteiger partial charge in [-0.05, 0) is 51.2 Å². The average molecular weight is 342 g/mol. The van der Waals surface area contributed by atoms with Gasteiger partial charge in [0, 0.05) is 31.6 Å². The molecule has 0 atom stereocenters. The van der Waals surface area contributed by atoms with Gasteiger partial charge >= 0.3 is 6.09 Å². The van der Waals surface area contributed by atoms with E-state index in [0.717, 1.165) is 36.8 Å². The lowest BCUT2D eigenvalue weighted by Crippen LogP contribution is -2.36. The summed E-state index contributed by atoms with van der Waals surface area (Å²) in [6.45, 7) is 8.77. The largest absolute Gasteiger partial charge is 0.443 e. The topological polar surface area (TPSA) is 51.5 Å². The molecule has 1 fully saturated rings. The van der Waals surface area contributed by atoms with Crippen LogP contribution in [0.5, 0.6) is 0 Å². The van der Waals surface area contributed by atoms with Crippen molar-refractivity contribution < 1.29 is 14.3 Å². The third-order valence-electron chi connectivity index (χ3n) is 4.71. The van der Waals surface area contributed by atoms with Gasteiger partial charge in [-0.1, -0.05) is 18.2 Å². The Hall–Kier alpha value is -2.30. The highest BCUT2D eigenvalue weighted by Crippen LogP contribution is 2.34. The van der Waals surface area contributed by atoms with Gasteiger partial charge < -0.3 is 9.64 Å². The van der Waals surface area contributed by atoms with Crippen LogP contribution in [0, 0.1) is 0 Å². The van der Waals surface area contributed by atoms with E-state index in [1.165, 1.54) is 5.56 Å². The molecule has 25 heavy (non-hydrogen) atoms. The second kappa shape index (κ2) is 6.54. The summed E-state index contributed by atoms with van der Waals surface area (Å²) in [5.41, 5.74) is 1.51. The molecule has 0 saturated carbocycles. The van der Waals surface area contributed by atoms with Gasteiger partial charge in [0.05, 0.1) is 5.52 Å². The van der Waals surface area contributed by atoms with E-state index >= 15 is 0 Å². The maximum Gasteiger partial charge on any atom is 0.419 e. The average Bonchev–Trinajstić information content (AvgIpc) is 2.93. The van der Waals surface area contributed by atoms with E-state index in [-0.39, 0.29) is 12.0 Å². The standard InChI is InChI=1S/C20H26N2O3/c1-14(23)21-11-9-15(10-12-21)17-13-22(19(24)25-20(2,3)4)18-8-6-5-7-16(17)18/h5-8,13,15H,9-12H2,1-4H3. The molecule has 3 rings (SSSR count). The molecule has 0 bridgehead atoms. The Morgan fingerprint density at radius 3 is 2.36 bits per heavy atom. The Morgan fingerprint density at radius 2 is 1.76 bits per heavy atom. The van der Waals surface area contributed by atoms with Crippen molar-refractivity contribution in [1.29, 1.82) is 0 Å². The minimum absolute atomic E-state index is 0.134. The Labute approximate surface area is 148 Å². The SMILES string of the molecule is CC(=O)N1CCC(c2cn(C(=O)OC(C)(C)C)c3ccccc23)CC1. The maximum atomic E-state index is 12.6. The molecular formula is C20H26N2O3. The fourth-order valence-corrected chi connectivity index (χ4v) is 3.50. The van der Waals surface area contributed by atoms with Crippen LogP contribution in [0.1, 0.15) is 52.0 Å². The number of aromatic nitrogens is 1. The van der Waals surface area contributed by atoms with Crippen molar-refractivity contribution in [3.63, 3.8) is 0 Å². The van der Waals surface area contributed by atoms with E-state index in [1.807, 2.05) is 50.1 Å². The van der Waals surface area contributed by atoms with E-state index in [4.69, 9.17) is 4.74 Å². The highest BCUT2D eigenvalue weighted by atomic mass is 16.6. The van der Waals surface area contributed by atoms with E-state index in [2.05, 4.69) is 6.07 Å². The minimum atomic E-state index is -0.532. The zero-order valence-corrected chi connectivity index (χ0v) is 15.4. The van der Waals surface area contributed by atoms with Crippen LogP contribution in [0.4, 0.5) is 4.79 Å². The normalized spacial score (nSPS) is 16.2. The zero-order chi connectivity index (χ0) is 18.2. The first kappa shape index (κ1) is 17.5. The predicted octanol–water partition coefficient (Wildman–Crippen LogP) is 4.15. The van der Waals surface area contributed by atoms with Gasteiger partial charge in [-0.2, -0.15) is 0 Å². The number of piperidine rings is 1. The van der Waals surface area contributed by atoms with Crippen LogP contribution in [0.2, 0.25) is 0 Å². The molecule has 1 amide bonds. The molecule has 0 aliphatic carbocycles. The predicted molar refractivity (Wildman–Crippen MR) is 97.8 cm³/mol. The summed E-state index contributed by atoms with van der Waals surface area (Å²) in [7, 11) is 0. The smallest absolute Gasteiger partial charge is 0.419 e. The summed E-state index contributed by atoms with van der Waals surface area (Å²) in [5, 5.41) is 1.09. The van der Waals surface area contributed by atoms with Gasteiger partial charge in [-0.25, -0.2) is 4.79 Å². The summed E-state index contributed by atoms with van der Waals surface area (Å²) in [6.07, 6.45) is 3.41. The molecule has 5 heteroatoms. The summed E-state index contributed by atoms with van der Waals surface area (Å²) in [6, 6.07) is 7.94. The summed E-state index contributed by atoms with van der Waals surface area (Å²) in [5.74, 6) is 0.485. The lowest BCUT2D eigenvalue weighted by Gasteiger charge is -2.31. The number of ether oxygens (including phenoxy) is 1. The van der Waals surface area contributed by atoms with Crippen LogP contribution >= 0.6 is 0 Å². The number of nitrogens with zero attached hydrogens (tertiary/aromatic N) is 2. The molecule has 1 aliphatic rings. The number of amides is 1. The van der Waals surface area contributed by atoms with Crippen LogP contribution in [0.3, 0.4) is 0 Å². The molecule has 134 valence electrons. The van der Waals surface area contributed by atoms with Crippen LogP contribution in [0.15, 0.2) is 30.5 Å². The third-order valence-corrected chi connectivity index (χ3v) is 4.71. The number of hydrogen-bond acceptors (Lipinski definition) is 3. The number of fused-ring (bicyclic) bond motifs is 1.